The molecule has 2 heterocycles. The molecule has 3 rings (SSSR count). The first kappa shape index (κ1) is 21.4. The largest absolute Gasteiger partial charge is 0.495 e. The highest BCUT2D eigenvalue weighted by atomic mass is 32.1. The highest BCUT2D eigenvalue weighted by Gasteiger charge is 2.30. The molecule has 1 fully saturated rings. The topological polar surface area (TPSA) is 58.6 Å². The van der Waals surface area contributed by atoms with E-state index in [2.05, 4.69) is 19.2 Å². The summed E-state index contributed by atoms with van der Waals surface area (Å²) in [4.78, 5) is 29.1. The maximum Gasteiger partial charge on any atom is 0.267 e. The van der Waals surface area contributed by atoms with Gasteiger partial charge < -0.3 is 15.0 Å². The van der Waals surface area contributed by atoms with Crippen LogP contribution in [-0.4, -0.2) is 43.0 Å². The second kappa shape index (κ2) is 9.44. The van der Waals surface area contributed by atoms with Gasteiger partial charge in [0.05, 0.1) is 7.11 Å². The van der Waals surface area contributed by atoms with Crippen molar-refractivity contribution in [2.75, 3.05) is 20.2 Å². The van der Waals surface area contributed by atoms with Crippen LogP contribution in [0.3, 0.4) is 0 Å². The van der Waals surface area contributed by atoms with Gasteiger partial charge in [-0.1, -0.05) is 44.2 Å². The van der Waals surface area contributed by atoms with E-state index in [-0.39, 0.29) is 23.8 Å². The van der Waals surface area contributed by atoms with Gasteiger partial charge in [0.2, 0.25) is 5.91 Å². The van der Waals surface area contributed by atoms with Crippen LogP contribution < -0.4 is 10.1 Å². The number of carbonyl (C=O) groups excluding carboxylic acids is 2. The van der Waals surface area contributed by atoms with Gasteiger partial charge in [0.1, 0.15) is 10.6 Å². The minimum absolute atomic E-state index is 0.0107. The molecular weight excluding hydrogens is 384 g/mol. The lowest BCUT2D eigenvalue weighted by atomic mass is 9.94. The Morgan fingerprint density at radius 3 is 2.38 bits per heavy atom. The molecule has 1 N–H and O–H groups in total. The lowest BCUT2D eigenvalue weighted by Crippen LogP contribution is -2.45. The van der Waals surface area contributed by atoms with E-state index in [0.717, 1.165) is 10.4 Å². The molecule has 1 aliphatic rings. The fraction of sp³-hybridized carbons (Fsp3) is 0.478. The second-order valence-corrected chi connectivity index (χ2v) is 9.03. The van der Waals surface area contributed by atoms with Gasteiger partial charge in [0.25, 0.3) is 5.91 Å². The number of methoxy groups -OCH3 is 1. The first-order valence-electron chi connectivity index (χ1n) is 10.2. The van der Waals surface area contributed by atoms with E-state index in [0.29, 0.717) is 42.5 Å². The fourth-order valence-corrected chi connectivity index (χ4v) is 4.52. The number of ether oxygens (including phenoxy) is 1. The van der Waals surface area contributed by atoms with Crippen LogP contribution >= 0.6 is 11.3 Å². The number of nitrogens with one attached hydrogen (secondary N) is 1. The van der Waals surface area contributed by atoms with E-state index in [4.69, 9.17) is 4.74 Å². The molecule has 1 aromatic heterocycles. The molecule has 1 aromatic carbocycles. The molecule has 2 aromatic rings. The summed E-state index contributed by atoms with van der Waals surface area (Å²) < 4.78 is 5.48. The normalized spacial score (nSPS) is 16.0. The summed E-state index contributed by atoms with van der Waals surface area (Å²) in [6.45, 7) is 7.42. The van der Waals surface area contributed by atoms with Crippen LogP contribution in [0.2, 0.25) is 0 Å². The van der Waals surface area contributed by atoms with Gasteiger partial charge in [-0.05, 0) is 37.3 Å². The van der Waals surface area contributed by atoms with E-state index in [1.165, 1.54) is 11.3 Å². The van der Waals surface area contributed by atoms with Crippen molar-refractivity contribution in [3.8, 4) is 16.2 Å². The van der Waals surface area contributed by atoms with Crippen molar-refractivity contribution in [3.05, 3.63) is 41.3 Å². The van der Waals surface area contributed by atoms with Gasteiger partial charge in [0, 0.05) is 29.9 Å². The number of hydrogen-bond donors (Lipinski definition) is 1. The second-order valence-electron chi connectivity index (χ2n) is 7.98. The Labute approximate surface area is 177 Å². The highest BCUT2D eigenvalue weighted by molar-refractivity contribution is 7.17. The average molecular weight is 415 g/mol. The summed E-state index contributed by atoms with van der Waals surface area (Å²) in [6, 6.07) is 12.1. The van der Waals surface area contributed by atoms with Crippen molar-refractivity contribution in [2.45, 2.75) is 39.7 Å². The van der Waals surface area contributed by atoms with E-state index < -0.39 is 0 Å². The van der Waals surface area contributed by atoms with Gasteiger partial charge in [-0.25, -0.2) is 0 Å². The number of hydrogen-bond acceptors (Lipinski definition) is 4. The minimum Gasteiger partial charge on any atom is -0.495 e. The van der Waals surface area contributed by atoms with E-state index in [1.54, 1.807) is 7.11 Å². The molecule has 1 unspecified atom stereocenters. The standard InChI is InChI=1S/C23H30N2O3S/c1-15(2)16(3)24-22(26)18-10-12-25(13-11-18)23(27)21-19(28-4)14-20(29-21)17-8-6-5-7-9-17/h5-9,14-16,18H,10-13H2,1-4H3,(H,24,26). The van der Waals surface area contributed by atoms with Crippen molar-refractivity contribution in [1.29, 1.82) is 0 Å². The molecule has 0 bridgehead atoms. The first-order chi connectivity index (χ1) is 13.9. The first-order valence-corrected chi connectivity index (χ1v) is 11.0. The highest BCUT2D eigenvalue weighted by Crippen LogP contribution is 2.37. The van der Waals surface area contributed by atoms with E-state index in [1.807, 2.05) is 48.2 Å². The van der Waals surface area contributed by atoms with Crippen LogP contribution in [0.25, 0.3) is 10.4 Å². The van der Waals surface area contributed by atoms with Crippen molar-refractivity contribution < 1.29 is 14.3 Å². The maximum absolute atomic E-state index is 13.1. The molecule has 0 spiro atoms. The minimum atomic E-state index is -0.0228. The fourth-order valence-electron chi connectivity index (χ4n) is 3.42. The third-order valence-electron chi connectivity index (χ3n) is 5.69. The Kier molecular flexibility index (Phi) is 6.96. The molecule has 2 amide bonds. The summed E-state index contributed by atoms with van der Waals surface area (Å²) in [7, 11) is 1.60. The smallest absolute Gasteiger partial charge is 0.267 e. The number of nitrogens with zero attached hydrogens (tertiary/aromatic N) is 1. The number of amides is 2. The van der Waals surface area contributed by atoms with Crippen LogP contribution in [0.1, 0.15) is 43.3 Å². The van der Waals surface area contributed by atoms with Crippen molar-refractivity contribution in [1.82, 2.24) is 10.2 Å². The van der Waals surface area contributed by atoms with Gasteiger partial charge in [0.15, 0.2) is 0 Å². The summed E-state index contributed by atoms with van der Waals surface area (Å²) in [5, 5.41) is 3.10. The zero-order valence-electron chi connectivity index (χ0n) is 17.6. The Hall–Kier alpha value is -2.34. The molecule has 1 atom stereocenters. The number of rotatable bonds is 6. The van der Waals surface area contributed by atoms with Gasteiger partial charge >= 0.3 is 0 Å². The van der Waals surface area contributed by atoms with Crippen molar-refractivity contribution >= 4 is 23.2 Å². The predicted octanol–water partition coefficient (Wildman–Crippen LogP) is 4.44. The molecule has 0 saturated carbocycles. The van der Waals surface area contributed by atoms with Gasteiger partial charge in [-0.3, -0.25) is 9.59 Å². The third-order valence-corrected chi connectivity index (χ3v) is 6.85. The molecule has 156 valence electrons. The Bertz CT molecular complexity index is 839. The van der Waals surface area contributed by atoms with Crippen molar-refractivity contribution in [3.63, 3.8) is 0 Å². The van der Waals surface area contributed by atoms with Crippen LogP contribution in [0.5, 0.6) is 5.75 Å². The quantitative estimate of drug-likeness (QED) is 0.760. The monoisotopic (exact) mass is 414 g/mol. The molecule has 0 aliphatic carbocycles. The van der Waals surface area contributed by atoms with Crippen LogP contribution in [0.15, 0.2) is 36.4 Å². The lowest BCUT2D eigenvalue weighted by molar-refractivity contribution is -0.127. The Balaban J connectivity index is 1.65. The molecule has 1 aliphatic heterocycles. The number of piperidine rings is 1. The molecule has 0 radical (unpaired) electrons. The number of carbonyl (C=O) groups is 2. The van der Waals surface area contributed by atoms with Gasteiger partial charge in [-0.2, -0.15) is 0 Å². The zero-order valence-corrected chi connectivity index (χ0v) is 18.4. The number of thiophene rings is 1. The van der Waals surface area contributed by atoms with Crippen LogP contribution in [-0.2, 0) is 4.79 Å². The Morgan fingerprint density at radius 1 is 1.14 bits per heavy atom. The van der Waals surface area contributed by atoms with Crippen molar-refractivity contribution in [2.24, 2.45) is 11.8 Å². The number of likely N-dealkylation sites (tertiary alicyclic amines) is 1. The summed E-state index contributed by atoms with van der Waals surface area (Å²) in [6.07, 6.45) is 1.39. The van der Waals surface area contributed by atoms with E-state index >= 15 is 0 Å². The molecule has 5 nitrogen and oxygen atoms in total. The third kappa shape index (κ3) is 4.99. The predicted molar refractivity (Wildman–Crippen MR) is 117 cm³/mol. The molecule has 6 heteroatoms. The summed E-state index contributed by atoms with van der Waals surface area (Å²) >= 11 is 1.46. The Morgan fingerprint density at radius 2 is 1.79 bits per heavy atom. The van der Waals surface area contributed by atoms with Gasteiger partial charge in [-0.15, -0.1) is 11.3 Å². The average Bonchev–Trinajstić information content (AvgIpc) is 3.18. The lowest BCUT2D eigenvalue weighted by Gasteiger charge is -2.32. The molecule has 1 saturated heterocycles. The summed E-state index contributed by atoms with van der Waals surface area (Å²) in [5.41, 5.74) is 1.07. The zero-order chi connectivity index (χ0) is 21.0. The summed E-state index contributed by atoms with van der Waals surface area (Å²) in [5.74, 6) is 1.10. The SMILES string of the molecule is COc1cc(-c2ccccc2)sc1C(=O)N1CCC(C(=O)NC(C)C(C)C)CC1. The molecular formula is C23H30N2O3S. The van der Waals surface area contributed by atoms with Crippen LogP contribution in [0.4, 0.5) is 0 Å². The molecule has 29 heavy (non-hydrogen) atoms. The van der Waals surface area contributed by atoms with Crippen LogP contribution in [0, 0.1) is 11.8 Å². The van der Waals surface area contributed by atoms with E-state index in [9.17, 15) is 9.59 Å². The number of benzene rings is 1. The maximum atomic E-state index is 13.1.